The van der Waals surface area contributed by atoms with Crippen molar-refractivity contribution in [3.05, 3.63) is 107 Å². The van der Waals surface area contributed by atoms with Crippen LogP contribution in [-0.2, 0) is 25.7 Å². The topological polar surface area (TPSA) is 21.7 Å². The van der Waals surface area contributed by atoms with Gasteiger partial charge in [-0.3, -0.25) is 0 Å². The molecule has 0 bridgehead atoms. The molecule has 3 aliphatic heterocycles. The minimum atomic E-state index is 0.129. The van der Waals surface area contributed by atoms with Gasteiger partial charge in [0.05, 0.1) is 17.1 Å². The maximum absolute atomic E-state index is 6.87. The molecule has 0 saturated carbocycles. The predicted octanol–water partition coefficient (Wildman–Crippen LogP) is 6.55. The summed E-state index contributed by atoms with van der Waals surface area (Å²) in [6.07, 6.45) is 4.46. The van der Waals surface area contributed by atoms with Crippen molar-refractivity contribution in [1.82, 2.24) is 0 Å². The number of aryl methyl sites for hydroxylation is 2. The first-order valence-electron chi connectivity index (χ1n) is 13.8. The quantitative estimate of drug-likeness (QED) is 0.230. The molecule has 0 radical (unpaired) electrons. The van der Waals surface area contributed by atoms with Gasteiger partial charge in [0.1, 0.15) is 23.0 Å². The first-order chi connectivity index (χ1) is 19.3. The molecule has 39 heavy (non-hydrogen) atoms. The molecule has 5 aromatic carbocycles. The first-order valence-corrected chi connectivity index (χ1v) is 14.6. The summed E-state index contributed by atoms with van der Waals surface area (Å²) in [7, 11) is 0. The van der Waals surface area contributed by atoms with Gasteiger partial charge in [0, 0.05) is 27.4 Å². The third kappa shape index (κ3) is 2.66. The van der Waals surface area contributed by atoms with Gasteiger partial charge in [-0.15, -0.1) is 0 Å². The van der Waals surface area contributed by atoms with E-state index in [2.05, 4.69) is 89.8 Å². The molecular weight excluding hydrogens is 497 g/mol. The van der Waals surface area contributed by atoms with E-state index in [0.29, 0.717) is 0 Å². The van der Waals surface area contributed by atoms with Crippen LogP contribution in [0.5, 0.6) is 23.0 Å². The van der Waals surface area contributed by atoms with Crippen LogP contribution in [0.2, 0.25) is 0 Å². The Morgan fingerprint density at radius 1 is 0.615 bits per heavy atom. The molecule has 5 aromatic rings. The third-order valence-corrected chi connectivity index (χ3v) is 10.3. The lowest BCUT2D eigenvalue weighted by atomic mass is 9.34. The Hall–Kier alpha value is -4.09. The fraction of sp³-hybridized carbons (Fsp3) is 0.118. The van der Waals surface area contributed by atoms with Crippen LogP contribution in [0.15, 0.2) is 94.7 Å². The van der Waals surface area contributed by atoms with E-state index in [0.717, 1.165) is 59.8 Å². The molecule has 5 aliphatic rings. The first kappa shape index (κ1) is 20.8. The Balaban J connectivity index is 1.24. The van der Waals surface area contributed by atoms with Crippen molar-refractivity contribution >= 4 is 51.9 Å². The molecule has 3 nitrogen and oxygen atoms in total. The van der Waals surface area contributed by atoms with Crippen LogP contribution in [0.25, 0.3) is 0 Å². The van der Waals surface area contributed by atoms with Gasteiger partial charge in [-0.1, -0.05) is 60.3 Å². The molecule has 0 N–H and O–H groups in total. The molecule has 0 fully saturated rings. The highest BCUT2D eigenvalue weighted by molar-refractivity contribution is 7.99. The van der Waals surface area contributed by atoms with E-state index >= 15 is 0 Å². The molecule has 0 atom stereocenters. The zero-order valence-electron chi connectivity index (χ0n) is 21.2. The van der Waals surface area contributed by atoms with E-state index < -0.39 is 0 Å². The standard InChI is InChI=1S/C34H22BNO2S/c1-3-7-30-26(5-1)36(27-6-2-4-8-31(27)39-30)21-17-28-32-29(18-21)38-34-23-14-10-20(23)12-16-25(34)35(32)24-15-11-19-9-13-22(19)33(24)37-28/h1-8,11-12,15-18H,9-10,13-14H2. The zero-order chi connectivity index (χ0) is 25.2. The number of ether oxygens (including phenoxy) is 2. The third-order valence-electron chi connectivity index (χ3n) is 9.18. The Bertz CT molecular complexity index is 1800. The average molecular weight is 519 g/mol. The molecule has 10 rings (SSSR count). The molecule has 184 valence electrons. The lowest BCUT2D eigenvalue weighted by molar-refractivity contribution is 0.453. The van der Waals surface area contributed by atoms with Gasteiger partial charge in [-0.2, -0.15) is 0 Å². The monoisotopic (exact) mass is 519 g/mol. The molecule has 0 spiro atoms. The van der Waals surface area contributed by atoms with E-state index in [1.807, 2.05) is 11.8 Å². The van der Waals surface area contributed by atoms with Crippen molar-refractivity contribution in [2.75, 3.05) is 4.90 Å². The van der Waals surface area contributed by atoms with Crippen LogP contribution in [0, 0.1) is 0 Å². The Kier molecular flexibility index (Phi) is 3.90. The van der Waals surface area contributed by atoms with Gasteiger partial charge in [-0.25, -0.2) is 0 Å². The van der Waals surface area contributed by atoms with Crippen LogP contribution >= 0.6 is 11.8 Å². The summed E-state index contributed by atoms with van der Waals surface area (Å²) in [6.45, 7) is 0.129. The summed E-state index contributed by atoms with van der Waals surface area (Å²) in [4.78, 5) is 4.87. The van der Waals surface area contributed by atoms with Crippen molar-refractivity contribution in [3.8, 4) is 23.0 Å². The predicted molar refractivity (Wildman–Crippen MR) is 158 cm³/mol. The van der Waals surface area contributed by atoms with Crippen molar-refractivity contribution < 1.29 is 9.47 Å². The van der Waals surface area contributed by atoms with Crippen LogP contribution < -0.4 is 30.8 Å². The highest BCUT2D eigenvalue weighted by atomic mass is 32.2. The van der Waals surface area contributed by atoms with E-state index in [1.165, 1.54) is 54.3 Å². The molecule has 0 aromatic heterocycles. The minimum Gasteiger partial charge on any atom is -0.458 e. The van der Waals surface area contributed by atoms with Gasteiger partial charge in [-0.05, 0) is 83.1 Å². The van der Waals surface area contributed by atoms with E-state index in [-0.39, 0.29) is 6.71 Å². The molecule has 0 amide bonds. The van der Waals surface area contributed by atoms with Gasteiger partial charge in [0.15, 0.2) is 0 Å². The average Bonchev–Trinajstić information content (AvgIpc) is 2.92. The van der Waals surface area contributed by atoms with Crippen LogP contribution in [-0.4, -0.2) is 6.71 Å². The highest BCUT2D eigenvalue weighted by Gasteiger charge is 2.44. The SMILES string of the molecule is c1ccc2c(c1)Sc1ccccc1N2c1cc2c3c(c1)Oc1c(ccc4c1CC4)B3c1ccc3c(c1O2)CC3. The van der Waals surface area contributed by atoms with Crippen molar-refractivity contribution in [3.63, 3.8) is 0 Å². The Labute approximate surface area is 231 Å². The molecule has 5 heteroatoms. The fourth-order valence-electron chi connectivity index (χ4n) is 7.10. The number of hydrogen-bond donors (Lipinski definition) is 0. The number of nitrogens with zero attached hydrogens (tertiary/aromatic N) is 1. The van der Waals surface area contributed by atoms with Gasteiger partial charge < -0.3 is 14.4 Å². The van der Waals surface area contributed by atoms with Gasteiger partial charge >= 0.3 is 0 Å². The summed E-state index contributed by atoms with van der Waals surface area (Å²) in [5.74, 6) is 3.98. The number of hydrogen-bond acceptors (Lipinski definition) is 4. The van der Waals surface area contributed by atoms with E-state index in [1.54, 1.807) is 0 Å². The summed E-state index contributed by atoms with van der Waals surface area (Å²) in [6, 6.07) is 31.1. The lowest BCUT2D eigenvalue weighted by Gasteiger charge is -2.39. The van der Waals surface area contributed by atoms with E-state index in [4.69, 9.17) is 9.47 Å². The second-order valence-electron chi connectivity index (χ2n) is 11.1. The molecule has 0 saturated heterocycles. The molecule has 0 unspecified atom stereocenters. The normalized spacial score (nSPS) is 16.0. The maximum Gasteiger partial charge on any atom is 0.260 e. The maximum atomic E-state index is 6.87. The van der Waals surface area contributed by atoms with E-state index in [9.17, 15) is 0 Å². The second-order valence-corrected chi connectivity index (χ2v) is 12.2. The molecular formula is C34H22BNO2S. The number of fused-ring (bicyclic) bond motifs is 10. The summed E-state index contributed by atoms with van der Waals surface area (Å²) < 4.78 is 13.7. The Morgan fingerprint density at radius 2 is 1.15 bits per heavy atom. The fourth-order valence-corrected chi connectivity index (χ4v) is 8.16. The number of anilines is 3. The van der Waals surface area contributed by atoms with Crippen molar-refractivity contribution in [2.24, 2.45) is 0 Å². The van der Waals surface area contributed by atoms with Crippen molar-refractivity contribution in [2.45, 2.75) is 35.5 Å². The minimum absolute atomic E-state index is 0.129. The van der Waals surface area contributed by atoms with Crippen LogP contribution in [0.4, 0.5) is 17.1 Å². The number of rotatable bonds is 1. The van der Waals surface area contributed by atoms with Crippen LogP contribution in [0.1, 0.15) is 22.3 Å². The number of benzene rings is 5. The summed E-state index contributed by atoms with van der Waals surface area (Å²) >= 11 is 1.83. The zero-order valence-corrected chi connectivity index (χ0v) is 22.0. The molecule has 2 aliphatic carbocycles. The van der Waals surface area contributed by atoms with Gasteiger partial charge in [0.25, 0.3) is 6.71 Å². The summed E-state index contributed by atoms with van der Waals surface area (Å²) in [5.41, 5.74) is 12.8. The second kappa shape index (κ2) is 7.31. The largest absolute Gasteiger partial charge is 0.458 e. The smallest absolute Gasteiger partial charge is 0.260 e. The van der Waals surface area contributed by atoms with Crippen molar-refractivity contribution in [1.29, 1.82) is 0 Å². The van der Waals surface area contributed by atoms with Gasteiger partial charge in [0.2, 0.25) is 0 Å². The molecule has 3 heterocycles. The van der Waals surface area contributed by atoms with Crippen LogP contribution in [0.3, 0.4) is 0 Å². The Morgan fingerprint density at radius 3 is 1.67 bits per heavy atom. The summed E-state index contributed by atoms with van der Waals surface area (Å²) in [5, 5.41) is 0. The number of para-hydroxylation sites is 2. The highest BCUT2D eigenvalue weighted by Crippen LogP contribution is 2.53. The lowest BCUT2D eigenvalue weighted by Crippen LogP contribution is -2.58.